The van der Waals surface area contributed by atoms with Crippen molar-refractivity contribution in [2.75, 3.05) is 20.3 Å². The highest BCUT2D eigenvalue weighted by Crippen LogP contribution is 2.57. The first-order valence-electron chi connectivity index (χ1n) is 13.8. The summed E-state index contributed by atoms with van der Waals surface area (Å²) in [6, 6.07) is 11.5. The molecule has 0 saturated heterocycles. The normalized spacial score (nSPS) is 21.7. The number of benzene rings is 2. The van der Waals surface area contributed by atoms with Crippen LogP contribution in [0.4, 0.5) is 0 Å². The Labute approximate surface area is 233 Å². The Morgan fingerprint density at radius 2 is 1.28 bits per heavy atom. The monoisotopic (exact) mass is 576 g/mol. The lowest BCUT2D eigenvalue weighted by molar-refractivity contribution is 0.254. The van der Waals surface area contributed by atoms with E-state index in [9.17, 15) is 9.13 Å². The van der Waals surface area contributed by atoms with E-state index in [4.69, 9.17) is 22.8 Å². The molecule has 0 spiro atoms. The van der Waals surface area contributed by atoms with Crippen LogP contribution in [0.1, 0.15) is 83.9 Å². The molecule has 2 aromatic carbocycles. The molecule has 9 heteroatoms. The van der Waals surface area contributed by atoms with Gasteiger partial charge in [-0.15, -0.1) is 0 Å². The second-order valence-electron chi connectivity index (χ2n) is 9.11. The Morgan fingerprint density at radius 3 is 1.79 bits per heavy atom. The molecule has 2 aliphatic rings. The average Bonchev–Trinajstić information content (AvgIpc) is 2.93. The molecule has 0 bridgehead atoms. The number of hydrogen-bond donors (Lipinski definition) is 0. The minimum absolute atomic E-state index is 0.340. The molecule has 0 fully saturated rings. The van der Waals surface area contributed by atoms with Crippen LogP contribution >= 0.6 is 15.2 Å². The van der Waals surface area contributed by atoms with Crippen molar-refractivity contribution in [3.63, 3.8) is 0 Å². The van der Waals surface area contributed by atoms with E-state index < -0.39 is 15.2 Å². The summed E-state index contributed by atoms with van der Waals surface area (Å²) in [4.78, 5) is 0. The Kier molecular flexibility index (Phi) is 10.7. The van der Waals surface area contributed by atoms with Crippen molar-refractivity contribution in [2.45, 2.75) is 74.1 Å². The third-order valence-electron chi connectivity index (χ3n) is 6.68. The fourth-order valence-electron chi connectivity index (χ4n) is 4.98. The highest BCUT2D eigenvalue weighted by atomic mass is 31.2. The predicted octanol–water partition coefficient (Wildman–Crippen LogP) is 8.52. The maximum atomic E-state index is 13.0. The Balaban J connectivity index is 0.000000216. The summed E-state index contributed by atoms with van der Waals surface area (Å²) in [6.45, 7) is 14.5. The van der Waals surface area contributed by atoms with E-state index in [1.54, 1.807) is 13.2 Å². The quantitative estimate of drug-likeness (QED) is 0.277. The van der Waals surface area contributed by atoms with Crippen molar-refractivity contribution >= 4 is 36.9 Å². The lowest BCUT2D eigenvalue weighted by Gasteiger charge is -2.30. The minimum atomic E-state index is -3.30. The molecule has 0 aliphatic carbocycles. The molecule has 0 amide bonds. The van der Waals surface area contributed by atoms with E-state index >= 15 is 0 Å². The average molecular weight is 577 g/mol. The fourth-order valence-corrected chi connectivity index (χ4v) is 8.95. The van der Waals surface area contributed by atoms with E-state index in [-0.39, 0.29) is 0 Å². The maximum Gasteiger partial charge on any atom is 0.411 e. The van der Waals surface area contributed by atoms with Gasteiger partial charge in [0.15, 0.2) is 0 Å². The molecule has 7 nitrogen and oxygen atoms in total. The molecule has 0 saturated carbocycles. The van der Waals surface area contributed by atoms with Crippen LogP contribution in [0.5, 0.6) is 5.75 Å². The van der Waals surface area contributed by atoms with Crippen LogP contribution in [0.25, 0.3) is 11.1 Å². The number of allylic oxidation sites excluding steroid dienone is 4. The van der Waals surface area contributed by atoms with Crippen molar-refractivity contribution in [1.29, 1.82) is 0 Å². The summed E-state index contributed by atoms with van der Waals surface area (Å²) in [7, 11) is -4.90. The molecular formula is C30H42O7P2. The molecule has 2 unspecified atom stereocenters. The van der Waals surface area contributed by atoms with Crippen LogP contribution in [0.3, 0.4) is 0 Å². The standard InChI is InChI=1S/C15H21O4P.C15H21O3P/c1-5-11-12(6-2)19-20(16,18-7-3)14-10-8-9-13(17-4)15(11)14;1-5-12-13-9-8-11(4)10-15(13)19(16,17-7-3)18-14(12)6-2/h8-10H,5-7H2,1-4H3;8-10H,5-7H2,1-4H3. The number of methoxy groups -OCH3 is 1. The van der Waals surface area contributed by atoms with E-state index in [1.807, 2.05) is 65.0 Å². The van der Waals surface area contributed by atoms with Crippen LogP contribution in [0.2, 0.25) is 0 Å². The summed E-state index contributed by atoms with van der Waals surface area (Å²) in [5.74, 6) is 2.26. The van der Waals surface area contributed by atoms with E-state index in [0.29, 0.717) is 36.0 Å². The third kappa shape index (κ3) is 6.23. The first-order chi connectivity index (χ1) is 18.7. The van der Waals surface area contributed by atoms with Gasteiger partial charge in [-0.2, -0.15) is 0 Å². The van der Waals surface area contributed by atoms with Gasteiger partial charge in [-0.05, 0) is 62.9 Å². The van der Waals surface area contributed by atoms with E-state index in [2.05, 4.69) is 13.8 Å². The van der Waals surface area contributed by atoms with Gasteiger partial charge in [0.2, 0.25) is 0 Å². The molecule has 214 valence electrons. The summed E-state index contributed by atoms with van der Waals surface area (Å²) in [6.07, 6.45) is 3.07. The molecule has 4 rings (SSSR count). The predicted molar refractivity (Wildman–Crippen MR) is 159 cm³/mol. The molecule has 0 N–H and O–H groups in total. The van der Waals surface area contributed by atoms with Gasteiger partial charge in [-0.3, -0.25) is 9.05 Å². The number of rotatable bonds is 9. The van der Waals surface area contributed by atoms with Crippen LogP contribution in [0, 0.1) is 6.92 Å². The number of ether oxygens (including phenoxy) is 1. The SMILES string of the molecule is CCOP1(=O)OC(CC)=C(CC)c2c(OC)cccc21.CCOP1(=O)OC(CC)=C(CC)c2ccc(C)cc21. The molecule has 39 heavy (non-hydrogen) atoms. The first kappa shape index (κ1) is 31.2. The molecule has 0 radical (unpaired) electrons. The Bertz CT molecular complexity index is 1340. The van der Waals surface area contributed by atoms with Crippen LogP contribution in [-0.2, 0) is 27.2 Å². The number of hydrogen-bond acceptors (Lipinski definition) is 7. The smallest absolute Gasteiger partial charge is 0.411 e. The number of aryl methyl sites for hydroxylation is 1. The van der Waals surface area contributed by atoms with E-state index in [0.717, 1.165) is 58.6 Å². The summed E-state index contributed by atoms with van der Waals surface area (Å²) < 4.78 is 53.9. The van der Waals surface area contributed by atoms with Crippen LogP contribution < -0.4 is 15.3 Å². The third-order valence-corrected chi connectivity index (χ3v) is 10.7. The van der Waals surface area contributed by atoms with Gasteiger partial charge in [0.05, 0.1) is 30.9 Å². The largest absolute Gasteiger partial charge is 0.496 e. The van der Waals surface area contributed by atoms with Crippen LogP contribution in [-0.4, -0.2) is 20.3 Å². The zero-order valence-corrected chi connectivity index (χ0v) is 26.2. The molecule has 2 aromatic rings. The first-order valence-corrected chi connectivity index (χ1v) is 16.9. The van der Waals surface area contributed by atoms with Crippen molar-refractivity contribution in [1.82, 2.24) is 0 Å². The minimum Gasteiger partial charge on any atom is -0.496 e. The van der Waals surface area contributed by atoms with Crippen molar-refractivity contribution in [2.24, 2.45) is 0 Å². The topological polar surface area (TPSA) is 80.3 Å². The second kappa shape index (κ2) is 13.4. The highest BCUT2D eigenvalue weighted by molar-refractivity contribution is 7.63. The maximum absolute atomic E-state index is 13.0. The van der Waals surface area contributed by atoms with Gasteiger partial charge in [0.1, 0.15) is 17.3 Å². The zero-order chi connectivity index (χ0) is 28.8. The second-order valence-corrected chi connectivity index (χ2v) is 12.9. The molecule has 0 aromatic heterocycles. The lowest BCUT2D eigenvalue weighted by atomic mass is 10.00. The van der Waals surface area contributed by atoms with Gasteiger partial charge in [0.25, 0.3) is 0 Å². The van der Waals surface area contributed by atoms with Gasteiger partial charge >= 0.3 is 15.2 Å². The van der Waals surface area contributed by atoms with Gasteiger partial charge in [-0.25, -0.2) is 9.13 Å². The van der Waals surface area contributed by atoms with Crippen molar-refractivity contribution in [3.8, 4) is 5.75 Å². The Morgan fingerprint density at radius 1 is 0.718 bits per heavy atom. The molecule has 2 heterocycles. The Hall–Kier alpha value is -2.30. The van der Waals surface area contributed by atoms with E-state index in [1.165, 1.54) is 0 Å². The summed E-state index contributed by atoms with van der Waals surface area (Å²) >= 11 is 0. The highest BCUT2D eigenvalue weighted by Gasteiger charge is 2.39. The summed E-state index contributed by atoms with van der Waals surface area (Å²) in [5.41, 5.74) is 5.15. The lowest BCUT2D eigenvalue weighted by Crippen LogP contribution is -2.21. The van der Waals surface area contributed by atoms with Crippen molar-refractivity contribution in [3.05, 3.63) is 64.6 Å². The van der Waals surface area contributed by atoms with Crippen molar-refractivity contribution < 1.29 is 32.0 Å². The number of fused-ring (bicyclic) bond motifs is 2. The molecular weight excluding hydrogens is 534 g/mol. The summed E-state index contributed by atoms with van der Waals surface area (Å²) in [5, 5.41) is 1.32. The van der Waals surface area contributed by atoms with Gasteiger partial charge in [-0.1, -0.05) is 51.5 Å². The van der Waals surface area contributed by atoms with Crippen LogP contribution in [0.15, 0.2) is 47.9 Å². The fraction of sp³-hybridized carbons (Fsp3) is 0.467. The van der Waals surface area contributed by atoms with Gasteiger partial charge < -0.3 is 13.8 Å². The molecule has 2 aliphatic heterocycles. The molecule has 2 atom stereocenters. The zero-order valence-electron chi connectivity index (χ0n) is 24.5. The van der Waals surface area contributed by atoms with Gasteiger partial charge in [0, 0.05) is 24.0 Å².